The molecular formula is C10H18O2. The Morgan fingerprint density at radius 3 is 2.33 bits per heavy atom. The van der Waals surface area contributed by atoms with Gasteiger partial charge in [0.05, 0.1) is 5.92 Å². The van der Waals surface area contributed by atoms with Crippen molar-refractivity contribution in [2.75, 3.05) is 0 Å². The molecular weight excluding hydrogens is 152 g/mol. The molecule has 1 atom stereocenters. The fourth-order valence-electron chi connectivity index (χ4n) is 1.19. The number of hydrogen-bond donors (Lipinski definition) is 1. The van der Waals surface area contributed by atoms with Crippen LogP contribution in [0, 0.1) is 5.92 Å². The van der Waals surface area contributed by atoms with Gasteiger partial charge in [0, 0.05) is 0 Å². The molecule has 0 radical (unpaired) electrons. The highest BCUT2D eigenvalue weighted by Gasteiger charge is 2.15. The molecule has 0 saturated heterocycles. The van der Waals surface area contributed by atoms with E-state index in [1.54, 1.807) is 0 Å². The summed E-state index contributed by atoms with van der Waals surface area (Å²) < 4.78 is 0. The minimum atomic E-state index is -0.676. The van der Waals surface area contributed by atoms with Gasteiger partial charge in [-0.3, -0.25) is 4.79 Å². The van der Waals surface area contributed by atoms with E-state index in [1.165, 1.54) is 5.57 Å². The Morgan fingerprint density at radius 2 is 2.08 bits per heavy atom. The van der Waals surface area contributed by atoms with Gasteiger partial charge in [0.15, 0.2) is 0 Å². The second kappa shape index (κ2) is 5.81. The van der Waals surface area contributed by atoms with Gasteiger partial charge in [-0.1, -0.05) is 25.5 Å². The van der Waals surface area contributed by atoms with Crippen molar-refractivity contribution in [3.63, 3.8) is 0 Å². The van der Waals surface area contributed by atoms with Crippen LogP contribution in [0.5, 0.6) is 0 Å². The lowest BCUT2D eigenvalue weighted by molar-refractivity contribution is -0.141. The van der Waals surface area contributed by atoms with Gasteiger partial charge in [0.1, 0.15) is 0 Å². The number of carbonyl (C=O) groups is 1. The smallest absolute Gasteiger partial charge is 0.306 e. The van der Waals surface area contributed by atoms with Crippen molar-refractivity contribution >= 4 is 5.97 Å². The van der Waals surface area contributed by atoms with E-state index in [4.69, 9.17) is 5.11 Å². The van der Waals surface area contributed by atoms with Crippen molar-refractivity contribution in [1.82, 2.24) is 0 Å². The predicted molar refractivity (Wildman–Crippen MR) is 50.1 cm³/mol. The van der Waals surface area contributed by atoms with E-state index in [9.17, 15) is 4.79 Å². The third kappa shape index (κ3) is 3.56. The Kier molecular flexibility index (Phi) is 5.43. The maximum atomic E-state index is 10.7. The van der Waals surface area contributed by atoms with Gasteiger partial charge in [0.25, 0.3) is 0 Å². The average molecular weight is 170 g/mol. The monoisotopic (exact) mass is 170 g/mol. The van der Waals surface area contributed by atoms with Crippen molar-refractivity contribution in [3.05, 3.63) is 11.6 Å². The number of aliphatic carboxylic acids is 1. The zero-order valence-corrected chi connectivity index (χ0v) is 8.13. The van der Waals surface area contributed by atoms with E-state index in [2.05, 4.69) is 6.92 Å². The molecule has 0 bridgehead atoms. The first-order valence-electron chi connectivity index (χ1n) is 4.52. The summed E-state index contributed by atoms with van der Waals surface area (Å²) in [7, 11) is 0. The van der Waals surface area contributed by atoms with Crippen LogP contribution >= 0.6 is 0 Å². The lowest BCUT2D eigenvalue weighted by Gasteiger charge is -2.10. The van der Waals surface area contributed by atoms with Crippen LogP contribution in [-0.2, 0) is 4.79 Å². The number of allylic oxidation sites excluding steroid dienone is 2. The summed E-state index contributed by atoms with van der Waals surface area (Å²) in [6, 6.07) is 0. The average Bonchev–Trinajstić information content (AvgIpc) is 2.06. The third-order valence-corrected chi connectivity index (χ3v) is 2.21. The maximum absolute atomic E-state index is 10.7. The Hall–Kier alpha value is -0.790. The molecule has 0 aromatic heterocycles. The van der Waals surface area contributed by atoms with Crippen molar-refractivity contribution in [2.24, 2.45) is 5.92 Å². The minimum Gasteiger partial charge on any atom is -0.481 e. The Labute approximate surface area is 74.3 Å². The molecule has 0 aliphatic heterocycles. The van der Waals surface area contributed by atoms with E-state index in [1.807, 2.05) is 19.9 Å². The highest BCUT2D eigenvalue weighted by atomic mass is 16.4. The SMILES string of the molecule is C/C=C(\CC)CC(CC)C(=O)O. The zero-order valence-electron chi connectivity index (χ0n) is 8.13. The maximum Gasteiger partial charge on any atom is 0.306 e. The number of carboxylic acid groups (broad SMARTS) is 1. The van der Waals surface area contributed by atoms with Gasteiger partial charge < -0.3 is 5.11 Å². The minimum absolute atomic E-state index is 0.198. The van der Waals surface area contributed by atoms with Crippen LogP contribution in [0.1, 0.15) is 40.0 Å². The standard InChI is InChI=1S/C10H18O2/c1-4-8(5-2)7-9(6-3)10(11)12/h4,9H,5-7H2,1-3H3,(H,11,12)/b8-4+. The molecule has 1 N–H and O–H groups in total. The first-order valence-corrected chi connectivity index (χ1v) is 4.52. The quantitative estimate of drug-likeness (QED) is 0.644. The molecule has 0 spiro atoms. The van der Waals surface area contributed by atoms with E-state index < -0.39 is 5.97 Å². The first kappa shape index (κ1) is 11.2. The zero-order chi connectivity index (χ0) is 9.56. The van der Waals surface area contributed by atoms with Gasteiger partial charge >= 0.3 is 5.97 Å². The molecule has 0 aromatic rings. The molecule has 2 heteroatoms. The number of carboxylic acids is 1. The number of hydrogen-bond acceptors (Lipinski definition) is 1. The van der Waals surface area contributed by atoms with Crippen LogP contribution in [0.4, 0.5) is 0 Å². The largest absolute Gasteiger partial charge is 0.481 e. The molecule has 0 saturated carbocycles. The highest BCUT2D eigenvalue weighted by molar-refractivity contribution is 5.70. The summed E-state index contributed by atoms with van der Waals surface area (Å²) in [5.74, 6) is -0.874. The summed E-state index contributed by atoms with van der Waals surface area (Å²) in [5.41, 5.74) is 1.24. The third-order valence-electron chi connectivity index (χ3n) is 2.21. The Balaban J connectivity index is 4.10. The fourth-order valence-corrected chi connectivity index (χ4v) is 1.19. The van der Waals surface area contributed by atoms with Gasteiger partial charge in [0.2, 0.25) is 0 Å². The molecule has 0 aliphatic carbocycles. The second-order valence-corrected chi connectivity index (χ2v) is 2.95. The van der Waals surface area contributed by atoms with Crippen molar-refractivity contribution in [3.8, 4) is 0 Å². The molecule has 0 aliphatic rings. The van der Waals surface area contributed by atoms with Gasteiger partial charge in [-0.15, -0.1) is 0 Å². The van der Waals surface area contributed by atoms with E-state index in [0.29, 0.717) is 12.8 Å². The molecule has 0 amide bonds. The lowest BCUT2D eigenvalue weighted by atomic mass is 9.95. The molecule has 0 aromatic carbocycles. The van der Waals surface area contributed by atoms with Gasteiger partial charge in [-0.2, -0.15) is 0 Å². The van der Waals surface area contributed by atoms with E-state index >= 15 is 0 Å². The van der Waals surface area contributed by atoms with Crippen LogP contribution in [0.25, 0.3) is 0 Å². The predicted octanol–water partition coefficient (Wildman–Crippen LogP) is 2.84. The van der Waals surface area contributed by atoms with Crippen LogP contribution in [0.2, 0.25) is 0 Å². The van der Waals surface area contributed by atoms with Gasteiger partial charge in [-0.25, -0.2) is 0 Å². The molecule has 0 fully saturated rings. The molecule has 1 unspecified atom stereocenters. The molecule has 2 nitrogen and oxygen atoms in total. The van der Waals surface area contributed by atoms with Crippen LogP contribution in [0.15, 0.2) is 11.6 Å². The summed E-state index contributed by atoms with van der Waals surface area (Å²) >= 11 is 0. The van der Waals surface area contributed by atoms with E-state index in [0.717, 1.165) is 6.42 Å². The summed E-state index contributed by atoms with van der Waals surface area (Å²) in [4.78, 5) is 10.7. The fraction of sp³-hybridized carbons (Fsp3) is 0.700. The van der Waals surface area contributed by atoms with Crippen molar-refractivity contribution < 1.29 is 9.90 Å². The molecule has 12 heavy (non-hydrogen) atoms. The van der Waals surface area contributed by atoms with Crippen molar-refractivity contribution in [1.29, 1.82) is 0 Å². The van der Waals surface area contributed by atoms with Crippen LogP contribution < -0.4 is 0 Å². The highest BCUT2D eigenvalue weighted by Crippen LogP contribution is 2.17. The van der Waals surface area contributed by atoms with Crippen molar-refractivity contribution in [2.45, 2.75) is 40.0 Å². The van der Waals surface area contributed by atoms with Crippen LogP contribution in [-0.4, -0.2) is 11.1 Å². The summed E-state index contributed by atoms with van der Waals surface area (Å²) in [6.45, 7) is 5.94. The second-order valence-electron chi connectivity index (χ2n) is 2.95. The molecule has 70 valence electrons. The summed E-state index contributed by atoms with van der Waals surface area (Å²) in [6.07, 6.45) is 4.40. The van der Waals surface area contributed by atoms with E-state index in [-0.39, 0.29) is 5.92 Å². The summed E-state index contributed by atoms with van der Waals surface area (Å²) in [5, 5.41) is 8.79. The normalized spacial score (nSPS) is 14.4. The number of rotatable bonds is 5. The van der Waals surface area contributed by atoms with Crippen LogP contribution in [0.3, 0.4) is 0 Å². The van der Waals surface area contributed by atoms with Gasteiger partial charge in [-0.05, 0) is 26.2 Å². The Morgan fingerprint density at radius 1 is 1.50 bits per heavy atom. The Bertz CT molecular complexity index is 171. The molecule has 0 rings (SSSR count). The first-order chi connectivity index (χ1) is 5.65. The topological polar surface area (TPSA) is 37.3 Å². The molecule has 0 heterocycles. The lowest BCUT2D eigenvalue weighted by Crippen LogP contribution is -2.13.